The van der Waals surface area contributed by atoms with Crippen molar-refractivity contribution in [1.29, 1.82) is 0 Å². The second-order valence-corrected chi connectivity index (χ2v) is 6.25. The Morgan fingerprint density at radius 1 is 1.21 bits per heavy atom. The third-order valence-corrected chi connectivity index (χ3v) is 3.99. The highest BCUT2D eigenvalue weighted by atomic mass is 127. The van der Waals surface area contributed by atoms with Crippen LogP contribution >= 0.6 is 24.0 Å². The van der Waals surface area contributed by atoms with Gasteiger partial charge in [-0.15, -0.1) is 24.0 Å². The molecule has 0 bridgehead atoms. The number of benzene rings is 2. The predicted molar refractivity (Wildman–Crippen MR) is 124 cm³/mol. The summed E-state index contributed by atoms with van der Waals surface area (Å²) in [6.07, 6.45) is 0.347. The molecule has 0 amide bonds. The summed E-state index contributed by atoms with van der Waals surface area (Å²) in [7, 11) is 1.56. The lowest BCUT2D eigenvalue weighted by Gasteiger charge is -2.15. The minimum Gasteiger partial charge on any atom is -0.508 e. The number of para-hydroxylation sites is 1. The lowest BCUT2D eigenvalue weighted by atomic mass is 10.1. The summed E-state index contributed by atoms with van der Waals surface area (Å²) < 4.78 is 24.4. The third kappa shape index (κ3) is 8.35. The van der Waals surface area contributed by atoms with Gasteiger partial charge in [0.2, 0.25) is 0 Å². The smallest absolute Gasteiger partial charge is 0.191 e. The average molecular weight is 517 g/mol. The molecule has 2 rings (SSSR count). The van der Waals surface area contributed by atoms with Crippen LogP contribution in [0.4, 0.5) is 4.39 Å². The predicted octanol–water partition coefficient (Wildman–Crippen LogP) is 3.72. The molecule has 0 heterocycles. The maximum Gasteiger partial charge on any atom is 0.191 e. The Labute approximate surface area is 188 Å². The monoisotopic (exact) mass is 517 g/mol. The number of nitrogens with zero attached hydrogens (tertiary/aromatic N) is 1. The molecule has 29 heavy (non-hydrogen) atoms. The van der Waals surface area contributed by atoms with Crippen LogP contribution in [0.3, 0.4) is 0 Å². The van der Waals surface area contributed by atoms with Gasteiger partial charge in [-0.05, 0) is 44.0 Å². The molecule has 160 valence electrons. The van der Waals surface area contributed by atoms with Crippen LogP contribution in [0.25, 0.3) is 0 Å². The number of aliphatic imine (C=N–C) groups is 1. The quantitative estimate of drug-likeness (QED) is 0.269. The van der Waals surface area contributed by atoms with Crippen LogP contribution in [0.15, 0.2) is 47.5 Å². The molecule has 0 aliphatic carbocycles. The standard InChI is InChI=1S/C21H28FN3O3.HI/c1-4-23-21(24-12-11-16-9-10-17(27-3)13-19(16)26)25-14-15(2)28-20-8-6-5-7-18(20)22;/h5-10,13,15,26H,4,11-12,14H2,1-3H3,(H2,23,24,25);1H. The van der Waals surface area contributed by atoms with E-state index in [1.165, 1.54) is 6.07 Å². The number of hydrogen-bond acceptors (Lipinski definition) is 4. The van der Waals surface area contributed by atoms with Gasteiger partial charge in [0.25, 0.3) is 0 Å². The van der Waals surface area contributed by atoms with Crippen LogP contribution in [0.5, 0.6) is 17.2 Å². The highest BCUT2D eigenvalue weighted by Gasteiger charge is 2.08. The van der Waals surface area contributed by atoms with E-state index in [4.69, 9.17) is 9.47 Å². The largest absolute Gasteiger partial charge is 0.508 e. The van der Waals surface area contributed by atoms with E-state index in [9.17, 15) is 9.50 Å². The second-order valence-electron chi connectivity index (χ2n) is 6.25. The van der Waals surface area contributed by atoms with Gasteiger partial charge in [0.1, 0.15) is 17.6 Å². The number of nitrogens with one attached hydrogen (secondary N) is 2. The third-order valence-electron chi connectivity index (χ3n) is 3.99. The Hall–Kier alpha value is -2.23. The van der Waals surface area contributed by atoms with Crippen molar-refractivity contribution in [3.8, 4) is 17.2 Å². The number of rotatable bonds is 9. The van der Waals surface area contributed by atoms with Crippen molar-refractivity contribution >= 4 is 29.9 Å². The van der Waals surface area contributed by atoms with E-state index in [-0.39, 0.29) is 47.4 Å². The second kappa shape index (κ2) is 13.1. The Bertz CT molecular complexity index is 790. The first-order chi connectivity index (χ1) is 13.5. The van der Waals surface area contributed by atoms with Crippen molar-refractivity contribution in [2.24, 2.45) is 4.99 Å². The van der Waals surface area contributed by atoms with Gasteiger partial charge in [0.05, 0.1) is 13.7 Å². The molecule has 3 N–H and O–H groups in total. The first-order valence-electron chi connectivity index (χ1n) is 9.32. The first kappa shape index (κ1) is 24.8. The zero-order chi connectivity index (χ0) is 20.4. The first-order valence-corrected chi connectivity index (χ1v) is 9.32. The zero-order valence-corrected chi connectivity index (χ0v) is 19.3. The molecule has 0 aromatic heterocycles. The fourth-order valence-electron chi connectivity index (χ4n) is 2.55. The number of ether oxygens (including phenoxy) is 2. The van der Waals surface area contributed by atoms with Gasteiger partial charge >= 0.3 is 0 Å². The molecule has 0 saturated carbocycles. The Kier molecular flexibility index (Phi) is 11.2. The minimum atomic E-state index is -0.386. The molecule has 0 fully saturated rings. The van der Waals surface area contributed by atoms with Crippen LogP contribution in [0.2, 0.25) is 0 Å². The van der Waals surface area contributed by atoms with Crippen LogP contribution in [-0.4, -0.2) is 43.9 Å². The van der Waals surface area contributed by atoms with E-state index in [1.54, 1.807) is 31.4 Å². The van der Waals surface area contributed by atoms with E-state index in [0.29, 0.717) is 37.8 Å². The van der Waals surface area contributed by atoms with Crippen LogP contribution in [0, 0.1) is 5.82 Å². The van der Waals surface area contributed by atoms with Gasteiger partial charge in [0.15, 0.2) is 17.5 Å². The summed E-state index contributed by atoms with van der Waals surface area (Å²) in [6, 6.07) is 11.6. The van der Waals surface area contributed by atoms with Gasteiger partial charge < -0.3 is 25.2 Å². The summed E-state index contributed by atoms with van der Waals surface area (Å²) in [5, 5.41) is 16.4. The van der Waals surface area contributed by atoms with Crippen LogP contribution in [0.1, 0.15) is 19.4 Å². The Morgan fingerprint density at radius 2 is 1.97 bits per heavy atom. The lowest BCUT2D eigenvalue weighted by molar-refractivity contribution is 0.220. The van der Waals surface area contributed by atoms with Crippen LogP contribution < -0.4 is 20.1 Å². The van der Waals surface area contributed by atoms with Gasteiger partial charge in [-0.25, -0.2) is 9.38 Å². The number of halogens is 2. The fraction of sp³-hybridized carbons (Fsp3) is 0.381. The van der Waals surface area contributed by atoms with E-state index < -0.39 is 0 Å². The van der Waals surface area contributed by atoms with Crippen LogP contribution in [-0.2, 0) is 6.42 Å². The number of hydrogen-bond donors (Lipinski definition) is 3. The van der Waals surface area contributed by atoms with Gasteiger partial charge in [-0.1, -0.05) is 18.2 Å². The molecule has 1 unspecified atom stereocenters. The molecule has 1 atom stereocenters. The molecule has 0 aliphatic rings. The maximum absolute atomic E-state index is 13.7. The average Bonchev–Trinajstić information content (AvgIpc) is 2.69. The SMILES string of the molecule is CCNC(=NCC(C)Oc1ccccc1F)NCCc1ccc(OC)cc1O.I. The van der Waals surface area contributed by atoms with Crippen molar-refractivity contribution in [2.75, 3.05) is 26.7 Å². The molecule has 6 nitrogen and oxygen atoms in total. The summed E-state index contributed by atoms with van der Waals surface area (Å²) in [4.78, 5) is 4.48. The van der Waals surface area contributed by atoms with Crippen molar-refractivity contribution in [3.63, 3.8) is 0 Å². The molecule has 2 aromatic carbocycles. The van der Waals surface area contributed by atoms with Crippen molar-refractivity contribution in [3.05, 3.63) is 53.8 Å². The Balaban J connectivity index is 0.00000420. The molecule has 0 aliphatic heterocycles. The molecule has 8 heteroatoms. The molecule has 0 radical (unpaired) electrons. The van der Waals surface area contributed by atoms with E-state index in [0.717, 1.165) is 5.56 Å². The molecule has 0 saturated heterocycles. The number of phenolic OH excluding ortho intramolecular Hbond substituents is 1. The zero-order valence-electron chi connectivity index (χ0n) is 16.9. The lowest BCUT2D eigenvalue weighted by Crippen LogP contribution is -2.39. The molecular formula is C21H29FIN3O3. The summed E-state index contributed by atoms with van der Waals surface area (Å²) in [5.41, 5.74) is 0.820. The summed E-state index contributed by atoms with van der Waals surface area (Å²) in [6.45, 7) is 5.49. The summed E-state index contributed by atoms with van der Waals surface area (Å²) >= 11 is 0. The van der Waals surface area contributed by atoms with E-state index >= 15 is 0 Å². The Morgan fingerprint density at radius 3 is 2.62 bits per heavy atom. The van der Waals surface area contributed by atoms with Crippen molar-refractivity contribution < 1.29 is 19.0 Å². The normalized spacial score (nSPS) is 11.9. The molecular weight excluding hydrogens is 488 g/mol. The van der Waals surface area contributed by atoms with Gasteiger partial charge in [0, 0.05) is 19.2 Å². The van der Waals surface area contributed by atoms with E-state index in [2.05, 4.69) is 15.6 Å². The number of guanidine groups is 1. The fourth-order valence-corrected chi connectivity index (χ4v) is 2.55. The highest BCUT2D eigenvalue weighted by Crippen LogP contribution is 2.23. The molecule has 2 aromatic rings. The van der Waals surface area contributed by atoms with Gasteiger partial charge in [-0.3, -0.25) is 0 Å². The number of aromatic hydroxyl groups is 1. The number of phenols is 1. The van der Waals surface area contributed by atoms with Gasteiger partial charge in [-0.2, -0.15) is 0 Å². The minimum absolute atomic E-state index is 0. The maximum atomic E-state index is 13.7. The van der Waals surface area contributed by atoms with Crippen molar-refractivity contribution in [2.45, 2.75) is 26.4 Å². The molecule has 0 spiro atoms. The summed E-state index contributed by atoms with van der Waals surface area (Å²) in [5.74, 6) is 1.29. The topological polar surface area (TPSA) is 75.1 Å². The highest BCUT2D eigenvalue weighted by molar-refractivity contribution is 14.0. The van der Waals surface area contributed by atoms with Crippen molar-refractivity contribution in [1.82, 2.24) is 10.6 Å². The van der Waals surface area contributed by atoms with E-state index in [1.807, 2.05) is 26.0 Å². The number of methoxy groups -OCH3 is 1.